The minimum Gasteiger partial charge on any atom is -0.309 e. The molecule has 0 bridgehead atoms. The van der Waals surface area contributed by atoms with Gasteiger partial charge in [0.2, 0.25) is 0 Å². The maximum absolute atomic E-state index is 6.26. The number of hydrogen-bond donors (Lipinski definition) is 1. The molecule has 1 aliphatic rings. The van der Waals surface area contributed by atoms with Crippen LogP contribution in [0.1, 0.15) is 63.8 Å². The smallest absolute Gasteiger partial charge is 0.107 e. The summed E-state index contributed by atoms with van der Waals surface area (Å²) in [5.41, 5.74) is 0.409. The van der Waals surface area contributed by atoms with Crippen LogP contribution in [0.15, 0.2) is 10.5 Å². The zero-order valence-electron chi connectivity index (χ0n) is 12.6. The van der Waals surface area contributed by atoms with E-state index in [1.165, 1.54) is 37.0 Å². The van der Waals surface area contributed by atoms with E-state index in [0.717, 1.165) is 15.4 Å². The first kappa shape index (κ1) is 16.8. The summed E-state index contributed by atoms with van der Waals surface area (Å²) in [5, 5.41) is 3.78. The van der Waals surface area contributed by atoms with Gasteiger partial charge in [-0.25, -0.2) is 0 Å². The summed E-state index contributed by atoms with van der Waals surface area (Å²) in [6, 6.07) is 2.66. The SMILES string of the molecule is CCCNC(c1cc(Br)c(Cl)s1)C1CCCCC1(C)C. The van der Waals surface area contributed by atoms with Gasteiger partial charge < -0.3 is 5.32 Å². The second-order valence-corrected chi connectivity index (χ2v) is 9.08. The third-order valence-electron chi connectivity index (χ3n) is 4.58. The van der Waals surface area contributed by atoms with E-state index in [1.807, 2.05) is 0 Å². The van der Waals surface area contributed by atoms with Gasteiger partial charge in [-0.05, 0) is 59.1 Å². The van der Waals surface area contributed by atoms with E-state index in [9.17, 15) is 0 Å². The number of halogens is 2. The fourth-order valence-electron chi connectivity index (χ4n) is 3.40. The first-order chi connectivity index (χ1) is 9.45. The Bertz CT molecular complexity index is 424. The molecule has 20 heavy (non-hydrogen) atoms. The van der Waals surface area contributed by atoms with Crippen molar-refractivity contribution in [3.63, 3.8) is 0 Å². The van der Waals surface area contributed by atoms with Gasteiger partial charge in [0.25, 0.3) is 0 Å². The first-order valence-corrected chi connectivity index (χ1v) is 9.62. The number of nitrogens with one attached hydrogen (secondary N) is 1. The molecular weight excluding hydrogens is 354 g/mol. The van der Waals surface area contributed by atoms with E-state index in [-0.39, 0.29) is 0 Å². The summed E-state index contributed by atoms with van der Waals surface area (Å²) in [4.78, 5) is 1.38. The van der Waals surface area contributed by atoms with Crippen molar-refractivity contribution in [3.8, 4) is 0 Å². The van der Waals surface area contributed by atoms with Crippen molar-refractivity contribution in [2.24, 2.45) is 11.3 Å². The van der Waals surface area contributed by atoms with Gasteiger partial charge in [-0.2, -0.15) is 0 Å². The van der Waals surface area contributed by atoms with Crippen molar-refractivity contribution < 1.29 is 0 Å². The second-order valence-electron chi connectivity index (χ2n) is 6.54. The summed E-state index contributed by atoms with van der Waals surface area (Å²) in [6.45, 7) is 8.17. The third kappa shape index (κ3) is 3.79. The number of hydrogen-bond acceptors (Lipinski definition) is 2. The van der Waals surface area contributed by atoms with Crippen LogP contribution in [0.2, 0.25) is 4.34 Å². The summed E-state index contributed by atoms with van der Waals surface area (Å²) < 4.78 is 1.91. The highest BCUT2D eigenvalue weighted by atomic mass is 79.9. The van der Waals surface area contributed by atoms with Crippen LogP contribution in [-0.4, -0.2) is 6.54 Å². The molecule has 4 heteroatoms. The molecule has 0 radical (unpaired) electrons. The minimum absolute atomic E-state index is 0.409. The van der Waals surface area contributed by atoms with Crippen LogP contribution < -0.4 is 5.32 Å². The second kappa shape index (κ2) is 7.13. The fraction of sp³-hybridized carbons (Fsp3) is 0.750. The van der Waals surface area contributed by atoms with Gasteiger partial charge in [-0.3, -0.25) is 0 Å². The predicted octanol–water partition coefficient (Wildman–Crippen LogP) is 6.42. The molecular formula is C16H25BrClNS. The average molecular weight is 379 g/mol. The standard InChI is InChI=1S/C16H25BrClNS/c1-4-9-19-14(13-10-12(17)15(18)20-13)11-7-5-6-8-16(11,2)3/h10-11,14,19H,4-9H2,1-3H3. The minimum atomic E-state index is 0.409. The quantitative estimate of drug-likeness (QED) is 0.623. The van der Waals surface area contributed by atoms with Crippen molar-refractivity contribution in [3.05, 3.63) is 19.8 Å². The Labute approximate surface area is 140 Å². The molecule has 1 N–H and O–H groups in total. The van der Waals surface area contributed by atoms with Crippen LogP contribution >= 0.6 is 38.9 Å². The van der Waals surface area contributed by atoms with Gasteiger partial charge in [0.1, 0.15) is 4.34 Å². The molecule has 1 aliphatic carbocycles. The zero-order chi connectivity index (χ0) is 14.8. The molecule has 0 aromatic carbocycles. The maximum Gasteiger partial charge on any atom is 0.107 e. The van der Waals surface area contributed by atoms with Crippen molar-refractivity contribution in [2.45, 2.75) is 58.9 Å². The molecule has 2 atom stereocenters. The highest BCUT2D eigenvalue weighted by Crippen LogP contribution is 2.49. The molecule has 1 nitrogen and oxygen atoms in total. The number of rotatable bonds is 5. The first-order valence-electron chi connectivity index (χ1n) is 7.64. The number of thiophene rings is 1. The van der Waals surface area contributed by atoms with Crippen LogP contribution in [0.5, 0.6) is 0 Å². The van der Waals surface area contributed by atoms with Crippen molar-refractivity contribution >= 4 is 38.9 Å². The third-order valence-corrected chi connectivity index (χ3v) is 7.14. The molecule has 2 rings (SSSR count). The average Bonchev–Trinajstić information content (AvgIpc) is 2.71. The van der Waals surface area contributed by atoms with E-state index < -0.39 is 0 Å². The highest BCUT2D eigenvalue weighted by molar-refractivity contribution is 9.10. The zero-order valence-corrected chi connectivity index (χ0v) is 15.8. The lowest BCUT2D eigenvalue weighted by Gasteiger charge is -2.43. The molecule has 1 aromatic heterocycles. The van der Waals surface area contributed by atoms with Crippen molar-refractivity contribution in [2.75, 3.05) is 6.54 Å². The van der Waals surface area contributed by atoms with Crippen LogP contribution in [0.25, 0.3) is 0 Å². The molecule has 0 spiro atoms. The lowest BCUT2D eigenvalue weighted by Crippen LogP contribution is -2.39. The van der Waals surface area contributed by atoms with Crippen LogP contribution in [0.4, 0.5) is 0 Å². The van der Waals surface area contributed by atoms with Gasteiger partial charge in [0.05, 0.1) is 0 Å². The molecule has 1 fully saturated rings. The Morgan fingerprint density at radius 3 is 2.80 bits per heavy atom. The van der Waals surface area contributed by atoms with E-state index in [1.54, 1.807) is 11.3 Å². The topological polar surface area (TPSA) is 12.0 Å². The Balaban J connectivity index is 2.26. The predicted molar refractivity (Wildman–Crippen MR) is 93.8 cm³/mol. The Hall–Kier alpha value is 0.430. The summed E-state index contributed by atoms with van der Waals surface area (Å²) >= 11 is 11.5. The summed E-state index contributed by atoms with van der Waals surface area (Å²) in [5.74, 6) is 0.699. The Morgan fingerprint density at radius 1 is 1.50 bits per heavy atom. The van der Waals surface area contributed by atoms with E-state index in [0.29, 0.717) is 17.4 Å². The van der Waals surface area contributed by atoms with E-state index in [2.05, 4.69) is 48.1 Å². The fourth-order valence-corrected chi connectivity index (χ4v) is 5.27. The monoisotopic (exact) mass is 377 g/mol. The van der Waals surface area contributed by atoms with Gasteiger partial charge in [-0.1, -0.05) is 45.2 Å². The van der Waals surface area contributed by atoms with Crippen LogP contribution in [0.3, 0.4) is 0 Å². The van der Waals surface area contributed by atoms with Gasteiger partial charge in [0, 0.05) is 15.4 Å². The van der Waals surface area contributed by atoms with Gasteiger partial charge >= 0.3 is 0 Å². The van der Waals surface area contributed by atoms with Crippen LogP contribution in [-0.2, 0) is 0 Å². The Kier molecular flexibility index (Phi) is 5.98. The summed E-state index contributed by atoms with van der Waals surface area (Å²) in [7, 11) is 0. The van der Waals surface area contributed by atoms with Crippen LogP contribution in [0, 0.1) is 11.3 Å². The summed E-state index contributed by atoms with van der Waals surface area (Å²) in [6.07, 6.45) is 6.56. The molecule has 114 valence electrons. The van der Waals surface area contributed by atoms with Crippen molar-refractivity contribution in [1.82, 2.24) is 5.32 Å². The molecule has 0 saturated heterocycles. The molecule has 1 aromatic rings. The normalized spacial score (nSPS) is 23.8. The largest absolute Gasteiger partial charge is 0.309 e. The lowest BCUT2D eigenvalue weighted by atomic mass is 9.65. The maximum atomic E-state index is 6.26. The van der Waals surface area contributed by atoms with Gasteiger partial charge in [0.15, 0.2) is 0 Å². The highest BCUT2D eigenvalue weighted by Gasteiger charge is 2.38. The molecule has 0 aliphatic heterocycles. The van der Waals surface area contributed by atoms with E-state index >= 15 is 0 Å². The molecule has 1 heterocycles. The Morgan fingerprint density at radius 2 is 2.25 bits per heavy atom. The molecule has 0 amide bonds. The van der Waals surface area contributed by atoms with Crippen molar-refractivity contribution in [1.29, 1.82) is 0 Å². The molecule has 2 unspecified atom stereocenters. The van der Waals surface area contributed by atoms with Gasteiger partial charge in [-0.15, -0.1) is 11.3 Å². The van der Waals surface area contributed by atoms with E-state index in [4.69, 9.17) is 11.6 Å². The lowest BCUT2D eigenvalue weighted by molar-refractivity contribution is 0.0994. The molecule has 1 saturated carbocycles.